The van der Waals surface area contributed by atoms with Gasteiger partial charge in [0, 0.05) is 11.6 Å². The second kappa shape index (κ2) is 7.06. The SMILES string of the molecule is C[C@H](c1ccco1)N(C(=O)NCC#Cc1ccccc1)C1CC1. The lowest BCUT2D eigenvalue weighted by atomic mass is 10.2. The molecule has 1 aliphatic rings. The summed E-state index contributed by atoms with van der Waals surface area (Å²) in [6.45, 7) is 2.33. The molecule has 1 aliphatic carbocycles. The van der Waals surface area contributed by atoms with Gasteiger partial charge in [-0.25, -0.2) is 4.79 Å². The van der Waals surface area contributed by atoms with E-state index in [1.165, 1.54) is 0 Å². The molecule has 1 saturated carbocycles. The van der Waals surface area contributed by atoms with Crippen molar-refractivity contribution in [1.29, 1.82) is 0 Å². The number of carbonyl (C=O) groups excluding carboxylic acids is 1. The van der Waals surface area contributed by atoms with Gasteiger partial charge in [0.25, 0.3) is 0 Å². The fourth-order valence-corrected chi connectivity index (χ4v) is 2.56. The Labute approximate surface area is 136 Å². The average molecular weight is 308 g/mol. The normalized spacial score (nSPS) is 14.5. The molecule has 1 fully saturated rings. The summed E-state index contributed by atoms with van der Waals surface area (Å²) in [4.78, 5) is 14.3. The molecule has 3 rings (SSSR count). The van der Waals surface area contributed by atoms with E-state index in [9.17, 15) is 4.79 Å². The second-order valence-electron chi connectivity index (χ2n) is 5.66. The summed E-state index contributed by atoms with van der Waals surface area (Å²) in [5.74, 6) is 6.84. The van der Waals surface area contributed by atoms with Crippen LogP contribution in [0.15, 0.2) is 53.1 Å². The second-order valence-corrected chi connectivity index (χ2v) is 5.66. The third-order valence-corrected chi connectivity index (χ3v) is 3.88. The van der Waals surface area contributed by atoms with Gasteiger partial charge in [0.05, 0.1) is 18.8 Å². The fourth-order valence-electron chi connectivity index (χ4n) is 2.56. The van der Waals surface area contributed by atoms with Gasteiger partial charge in [-0.2, -0.15) is 0 Å². The quantitative estimate of drug-likeness (QED) is 0.878. The molecular formula is C19H20N2O2. The number of hydrogen-bond donors (Lipinski definition) is 1. The van der Waals surface area contributed by atoms with Gasteiger partial charge in [0.15, 0.2) is 0 Å². The van der Waals surface area contributed by atoms with Crippen molar-refractivity contribution in [3.05, 3.63) is 60.1 Å². The van der Waals surface area contributed by atoms with Gasteiger partial charge in [0.2, 0.25) is 0 Å². The molecule has 4 heteroatoms. The molecule has 1 heterocycles. The van der Waals surface area contributed by atoms with Gasteiger partial charge in [0.1, 0.15) is 5.76 Å². The molecule has 0 unspecified atom stereocenters. The van der Waals surface area contributed by atoms with Crippen molar-refractivity contribution in [2.75, 3.05) is 6.54 Å². The molecule has 1 N–H and O–H groups in total. The first-order valence-electron chi connectivity index (χ1n) is 7.89. The highest BCUT2D eigenvalue weighted by Gasteiger charge is 2.37. The van der Waals surface area contributed by atoms with E-state index in [-0.39, 0.29) is 12.1 Å². The maximum atomic E-state index is 12.5. The van der Waals surface area contributed by atoms with Crippen molar-refractivity contribution in [3.63, 3.8) is 0 Å². The van der Waals surface area contributed by atoms with Crippen LogP contribution in [-0.2, 0) is 0 Å². The number of hydrogen-bond acceptors (Lipinski definition) is 2. The van der Waals surface area contributed by atoms with Crippen LogP contribution in [0.2, 0.25) is 0 Å². The van der Waals surface area contributed by atoms with E-state index in [0.29, 0.717) is 12.6 Å². The standard InChI is InChI=1S/C19H20N2O2/c1-15(18-10-6-14-23-18)21(17-11-12-17)19(22)20-13-5-9-16-7-3-2-4-8-16/h2-4,6-8,10,14-15,17H,11-13H2,1H3,(H,20,22)/t15-/m1/s1. The van der Waals surface area contributed by atoms with Crippen LogP contribution < -0.4 is 5.32 Å². The third kappa shape index (κ3) is 3.95. The molecule has 2 amide bonds. The zero-order valence-electron chi connectivity index (χ0n) is 13.2. The number of rotatable bonds is 4. The van der Waals surface area contributed by atoms with Crippen LogP contribution in [0.1, 0.15) is 37.1 Å². The van der Waals surface area contributed by atoms with E-state index in [1.807, 2.05) is 54.3 Å². The maximum Gasteiger partial charge on any atom is 0.319 e. The zero-order valence-corrected chi connectivity index (χ0v) is 13.2. The van der Waals surface area contributed by atoms with Crippen LogP contribution in [0.3, 0.4) is 0 Å². The number of nitrogens with one attached hydrogen (secondary N) is 1. The number of furan rings is 1. The summed E-state index contributed by atoms with van der Waals surface area (Å²) in [5.41, 5.74) is 0.949. The van der Waals surface area contributed by atoms with Crippen LogP contribution in [0.25, 0.3) is 0 Å². The highest BCUT2D eigenvalue weighted by atomic mass is 16.3. The van der Waals surface area contributed by atoms with Crippen molar-refractivity contribution < 1.29 is 9.21 Å². The molecule has 0 saturated heterocycles. The molecule has 23 heavy (non-hydrogen) atoms. The summed E-state index contributed by atoms with van der Waals surface area (Å²) in [6.07, 6.45) is 3.74. The maximum absolute atomic E-state index is 12.5. The smallest absolute Gasteiger partial charge is 0.319 e. The topological polar surface area (TPSA) is 45.5 Å². The minimum atomic E-state index is -0.0845. The summed E-state index contributed by atoms with van der Waals surface area (Å²) < 4.78 is 5.44. The lowest BCUT2D eigenvalue weighted by Gasteiger charge is -2.27. The molecule has 0 radical (unpaired) electrons. The molecule has 2 aromatic rings. The van der Waals surface area contributed by atoms with E-state index >= 15 is 0 Å². The summed E-state index contributed by atoms with van der Waals surface area (Å²) in [5, 5.41) is 2.89. The van der Waals surface area contributed by atoms with Crippen LogP contribution >= 0.6 is 0 Å². The van der Waals surface area contributed by atoms with Gasteiger partial charge >= 0.3 is 6.03 Å². The van der Waals surface area contributed by atoms with Crippen molar-refractivity contribution in [3.8, 4) is 11.8 Å². The predicted octanol–water partition coefficient (Wildman–Crippen LogP) is 3.57. The van der Waals surface area contributed by atoms with E-state index in [2.05, 4.69) is 17.2 Å². The largest absolute Gasteiger partial charge is 0.467 e. The van der Waals surface area contributed by atoms with Crippen LogP contribution in [0, 0.1) is 11.8 Å². The fraction of sp³-hybridized carbons (Fsp3) is 0.316. The Morgan fingerprint density at radius 2 is 2.09 bits per heavy atom. The zero-order chi connectivity index (χ0) is 16.1. The Balaban J connectivity index is 1.58. The van der Waals surface area contributed by atoms with E-state index < -0.39 is 0 Å². The van der Waals surface area contributed by atoms with Gasteiger partial charge in [-0.05, 0) is 44.0 Å². The van der Waals surface area contributed by atoms with Crippen molar-refractivity contribution in [1.82, 2.24) is 10.2 Å². The number of amides is 2. The van der Waals surface area contributed by atoms with E-state index in [0.717, 1.165) is 24.2 Å². The van der Waals surface area contributed by atoms with Gasteiger partial charge in [-0.1, -0.05) is 30.0 Å². The van der Waals surface area contributed by atoms with E-state index in [4.69, 9.17) is 4.42 Å². The summed E-state index contributed by atoms with van der Waals surface area (Å²) in [6, 6.07) is 13.6. The molecule has 1 atom stereocenters. The predicted molar refractivity (Wildman–Crippen MR) is 88.7 cm³/mol. The molecule has 0 spiro atoms. The Kier molecular flexibility index (Phi) is 4.68. The number of carbonyl (C=O) groups is 1. The molecular weight excluding hydrogens is 288 g/mol. The molecule has 0 bridgehead atoms. The number of urea groups is 1. The molecule has 0 aliphatic heterocycles. The number of benzene rings is 1. The minimum absolute atomic E-state index is 0.0698. The molecule has 118 valence electrons. The molecule has 1 aromatic heterocycles. The van der Waals surface area contributed by atoms with E-state index in [1.54, 1.807) is 6.26 Å². The average Bonchev–Trinajstić information content (AvgIpc) is 3.24. The minimum Gasteiger partial charge on any atom is -0.467 e. The first kappa shape index (κ1) is 15.2. The third-order valence-electron chi connectivity index (χ3n) is 3.88. The molecule has 4 nitrogen and oxygen atoms in total. The van der Waals surface area contributed by atoms with Crippen molar-refractivity contribution in [2.45, 2.75) is 31.8 Å². The van der Waals surface area contributed by atoms with Crippen molar-refractivity contribution in [2.24, 2.45) is 0 Å². The monoisotopic (exact) mass is 308 g/mol. The van der Waals surface area contributed by atoms with Gasteiger partial charge in [-0.3, -0.25) is 0 Å². The Morgan fingerprint density at radius 3 is 2.74 bits per heavy atom. The molecule has 1 aromatic carbocycles. The van der Waals surface area contributed by atoms with Crippen LogP contribution in [0.4, 0.5) is 4.79 Å². The highest BCUT2D eigenvalue weighted by molar-refractivity contribution is 5.75. The number of nitrogens with zero attached hydrogens (tertiary/aromatic N) is 1. The van der Waals surface area contributed by atoms with Crippen LogP contribution in [-0.4, -0.2) is 23.5 Å². The first-order valence-corrected chi connectivity index (χ1v) is 7.89. The summed E-state index contributed by atoms with van der Waals surface area (Å²) >= 11 is 0. The Bertz CT molecular complexity index is 694. The van der Waals surface area contributed by atoms with Gasteiger partial charge in [-0.15, -0.1) is 0 Å². The lowest BCUT2D eigenvalue weighted by molar-refractivity contribution is 0.167. The Hall–Kier alpha value is -2.67. The summed E-state index contributed by atoms with van der Waals surface area (Å²) in [7, 11) is 0. The van der Waals surface area contributed by atoms with Gasteiger partial charge < -0.3 is 14.6 Å². The Morgan fingerprint density at radius 1 is 1.30 bits per heavy atom. The van der Waals surface area contributed by atoms with Crippen molar-refractivity contribution >= 4 is 6.03 Å². The highest BCUT2D eigenvalue weighted by Crippen LogP contribution is 2.34. The van der Waals surface area contributed by atoms with Crippen LogP contribution in [0.5, 0.6) is 0 Å². The first-order chi connectivity index (χ1) is 11.3. The lowest BCUT2D eigenvalue weighted by Crippen LogP contribution is -2.42.